The minimum Gasteiger partial charge on any atom is -0.480 e. The van der Waals surface area contributed by atoms with E-state index in [2.05, 4.69) is 0 Å². The summed E-state index contributed by atoms with van der Waals surface area (Å²) in [5, 5.41) is 8.92. The molecule has 0 amide bonds. The molecule has 1 aliphatic rings. The fraction of sp³-hybridized carbons (Fsp3) is 0.364. The highest BCUT2D eigenvalue weighted by molar-refractivity contribution is 5.80. The first-order valence-corrected chi connectivity index (χ1v) is 4.95. The summed E-state index contributed by atoms with van der Waals surface area (Å²) in [6.07, 6.45) is 0.721. The normalized spacial score (nSPS) is 19.8. The maximum atomic E-state index is 10.9. The number of carboxylic acid groups (broad SMARTS) is 1. The van der Waals surface area contributed by atoms with E-state index < -0.39 is 5.97 Å². The predicted octanol–water partition coefficient (Wildman–Crippen LogP) is 1.24. The van der Waals surface area contributed by atoms with Crippen molar-refractivity contribution in [1.82, 2.24) is 0 Å². The molecule has 0 aromatic heterocycles. The summed E-state index contributed by atoms with van der Waals surface area (Å²) in [5.41, 5.74) is 8.38. The maximum absolute atomic E-state index is 10.9. The molecule has 0 radical (unpaired) electrons. The highest BCUT2D eigenvalue weighted by atomic mass is 16.4. The molecule has 1 saturated heterocycles. The van der Waals surface area contributed by atoms with Gasteiger partial charge >= 0.3 is 5.97 Å². The van der Waals surface area contributed by atoms with Crippen LogP contribution in [0, 0.1) is 6.92 Å². The van der Waals surface area contributed by atoms with Gasteiger partial charge in [-0.1, -0.05) is 0 Å². The fourth-order valence-corrected chi connectivity index (χ4v) is 1.79. The van der Waals surface area contributed by atoms with Gasteiger partial charge in [-0.3, -0.25) is 0 Å². The smallest absolute Gasteiger partial charge is 0.326 e. The Balaban J connectivity index is 2.23. The van der Waals surface area contributed by atoms with Gasteiger partial charge in [0, 0.05) is 17.9 Å². The molecule has 0 saturated carbocycles. The fourth-order valence-electron chi connectivity index (χ4n) is 1.79. The minimum atomic E-state index is -0.754. The Bertz CT molecular complexity index is 404. The van der Waals surface area contributed by atoms with Crippen LogP contribution in [0.1, 0.15) is 12.0 Å². The van der Waals surface area contributed by atoms with Crippen LogP contribution in [-0.4, -0.2) is 23.7 Å². The summed E-state index contributed by atoms with van der Waals surface area (Å²) in [4.78, 5) is 12.7. The van der Waals surface area contributed by atoms with Crippen molar-refractivity contribution in [2.45, 2.75) is 19.4 Å². The summed E-state index contributed by atoms with van der Waals surface area (Å²) < 4.78 is 0. The Kier molecular flexibility index (Phi) is 2.26. The first-order valence-electron chi connectivity index (χ1n) is 4.95. The Hall–Kier alpha value is -1.71. The molecule has 1 unspecified atom stereocenters. The Morgan fingerprint density at radius 2 is 2.33 bits per heavy atom. The van der Waals surface area contributed by atoms with E-state index in [0.29, 0.717) is 0 Å². The lowest BCUT2D eigenvalue weighted by Crippen LogP contribution is -2.52. The van der Waals surface area contributed by atoms with Crippen LogP contribution in [0.2, 0.25) is 0 Å². The lowest BCUT2D eigenvalue weighted by molar-refractivity contribution is -0.139. The van der Waals surface area contributed by atoms with Gasteiger partial charge in [0.25, 0.3) is 0 Å². The predicted molar refractivity (Wildman–Crippen MR) is 59.0 cm³/mol. The standard InChI is InChI=1S/C11H14N2O2/c1-7-6-8(2-3-9(7)12)13-5-4-10(13)11(14)15/h2-3,6,10H,4-5,12H2,1H3,(H,14,15). The second-order valence-electron chi connectivity index (χ2n) is 3.88. The zero-order chi connectivity index (χ0) is 11.0. The second-order valence-corrected chi connectivity index (χ2v) is 3.88. The number of rotatable bonds is 2. The molecule has 0 spiro atoms. The molecule has 1 aliphatic heterocycles. The van der Waals surface area contributed by atoms with Crippen molar-refractivity contribution in [2.24, 2.45) is 0 Å². The zero-order valence-electron chi connectivity index (χ0n) is 8.60. The van der Waals surface area contributed by atoms with Gasteiger partial charge in [-0.05, 0) is 37.1 Å². The highest BCUT2D eigenvalue weighted by Gasteiger charge is 2.34. The Labute approximate surface area is 88.3 Å². The maximum Gasteiger partial charge on any atom is 0.326 e. The van der Waals surface area contributed by atoms with Gasteiger partial charge in [-0.25, -0.2) is 4.79 Å². The number of hydrogen-bond acceptors (Lipinski definition) is 3. The van der Waals surface area contributed by atoms with Crippen molar-refractivity contribution in [1.29, 1.82) is 0 Å². The van der Waals surface area contributed by atoms with Crippen molar-refractivity contribution in [3.63, 3.8) is 0 Å². The molecule has 2 rings (SSSR count). The molecule has 3 N–H and O–H groups in total. The van der Waals surface area contributed by atoms with Gasteiger partial charge in [-0.15, -0.1) is 0 Å². The summed E-state index contributed by atoms with van der Waals surface area (Å²) in [7, 11) is 0. The number of aryl methyl sites for hydroxylation is 1. The zero-order valence-corrected chi connectivity index (χ0v) is 8.60. The minimum absolute atomic E-state index is 0.368. The van der Waals surface area contributed by atoms with Crippen LogP contribution in [0.5, 0.6) is 0 Å². The molecule has 4 nitrogen and oxygen atoms in total. The number of nitrogens with two attached hydrogens (primary N) is 1. The number of aliphatic carboxylic acids is 1. The third-order valence-electron chi connectivity index (χ3n) is 2.89. The number of anilines is 2. The average Bonchev–Trinajstić information content (AvgIpc) is 2.08. The number of benzene rings is 1. The lowest BCUT2D eigenvalue weighted by Gasteiger charge is -2.40. The van der Waals surface area contributed by atoms with Crippen LogP contribution in [0.15, 0.2) is 18.2 Å². The topological polar surface area (TPSA) is 66.6 Å². The molecule has 1 heterocycles. The molecule has 1 fully saturated rings. The van der Waals surface area contributed by atoms with Gasteiger partial charge in [-0.2, -0.15) is 0 Å². The van der Waals surface area contributed by atoms with E-state index in [9.17, 15) is 4.79 Å². The largest absolute Gasteiger partial charge is 0.480 e. The molecule has 1 aromatic carbocycles. The van der Waals surface area contributed by atoms with E-state index in [1.54, 1.807) is 0 Å². The molecular formula is C11H14N2O2. The van der Waals surface area contributed by atoms with E-state index in [1.165, 1.54) is 0 Å². The van der Waals surface area contributed by atoms with E-state index in [-0.39, 0.29) is 6.04 Å². The molecule has 0 aliphatic carbocycles. The van der Waals surface area contributed by atoms with Crippen molar-refractivity contribution in [3.05, 3.63) is 23.8 Å². The first kappa shape index (κ1) is 9.83. The van der Waals surface area contributed by atoms with Crippen LogP contribution in [0.25, 0.3) is 0 Å². The molecule has 4 heteroatoms. The van der Waals surface area contributed by atoms with Crippen LogP contribution >= 0.6 is 0 Å². The highest BCUT2D eigenvalue weighted by Crippen LogP contribution is 2.28. The first-order chi connectivity index (χ1) is 7.09. The number of nitrogens with zero attached hydrogens (tertiary/aromatic N) is 1. The molecule has 1 aromatic rings. The SMILES string of the molecule is Cc1cc(N2CCC2C(=O)O)ccc1N. The molecular weight excluding hydrogens is 192 g/mol. The van der Waals surface area contributed by atoms with Crippen LogP contribution < -0.4 is 10.6 Å². The van der Waals surface area contributed by atoms with E-state index in [4.69, 9.17) is 10.8 Å². The monoisotopic (exact) mass is 206 g/mol. The van der Waals surface area contributed by atoms with Crippen LogP contribution in [0.4, 0.5) is 11.4 Å². The molecule has 1 atom stereocenters. The van der Waals surface area contributed by atoms with Crippen molar-refractivity contribution >= 4 is 17.3 Å². The third kappa shape index (κ3) is 1.63. The van der Waals surface area contributed by atoms with Gasteiger partial charge in [0.2, 0.25) is 0 Å². The molecule has 15 heavy (non-hydrogen) atoms. The molecule has 80 valence electrons. The second kappa shape index (κ2) is 3.46. The van der Waals surface area contributed by atoms with Gasteiger partial charge < -0.3 is 15.7 Å². The summed E-state index contributed by atoms with van der Waals surface area (Å²) in [5.74, 6) is -0.754. The van der Waals surface area contributed by atoms with Gasteiger partial charge in [0.1, 0.15) is 6.04 Å². The lowest BCUT2D eigenvalue weighted by atomic mass is 10.0. The number of carbonyl (C=O) groups is 1. The quantitative estimate of drug-likeness (QED) is 0.714. The summed E-state index contributed by atoms with van der Waals surface area (Å²) in [6, 6.07) is 5.26. The van der Waals surface area contributed by atoms with Crippen molar-refractivity contribution < 1.29 is 9.90 Å². The molecule has 0 bridgehead atoms. The van der Waals surface area contributed by atoms with Gasteiger partial charge in [0.15, 0.2) is 0 Å². The summed E-state index contributed by atoms with van der Waals surface area (Å²) in [6.45, 7) is 2.73. The van der Waals surface area contributed by atoms with E-state index in [1.807, 2.05) is 30.0 Å². The number of hydrogen-bond donors (Lipinski definition) is 2. The van der Waals surface area contributed by atoms with E-state index in [0.717, 1.165) is 29.9 Å². The van der Waals surface area contributed by atoms with Crippen LogP contribution in [0.3, 0.4) is 0 Å². The Morgan fingerprint density at radius 1 is 1.60 bits per heavy atom. The summed E-state index contributed by atoms with van der Waals surface area (Å²) >= 11 is 0. The Morgan fingerprint density at radius 3 is 2.80 bits per heavy atom. The average molecular weight is 206 g/mol. The number of carboxylic acids is 1. The van der Waals surface area contributed by atoms with Crippen LogP contribution in [-0.2, 0) is 4.79 Å². The third-order valence-corrected chi connectivity index (χ3v) is 2.89. The van der Waals surface area contributed by atoms with Crippen molar-refractivity contribution in [2.75, 3.05) is 17.2 Å². The number of nitrogen functional groups attached to an aromatic ring is 1. The van der Waals surface area contributed by atoms with Gasteiger partial charge in [0.05, 0.1) is 0 Å². The van der Waals surface area contributed by atoms with Crippen molar-refractivity contribution in [3.8, 4) is 0 Å². The van der Waals surface area contributed by atoms with E-state index >= 15 is 0 Å².